The lowest BCUT2D eigenvalue weighted by Gasteiger charge is -2.36. The van der Waals surface area contributed by atoms with Crippen molar-refractivity contribution in [3.8, 4) is 11.5 Å². The van der Waals surface area contributed by atoms with E-state index in [1.807, 2.05) is 60.4 Å². The number of amides is 1. The lowest BCUT2D eigenvalue weighted by molar-refractivity contribution is 0.0750. The number of ether oxygens (including phenoxy) is 2. The van der Waals surface area contributed by atoms with Crippen LogP contribution in [0.25, 0.3) is 0 Å². The standard InChI is InChI=1S/C23H25N3O3S/c1-17-22(30-21(24-17)16-29-18-8-4-3-5-9-18)23(27)26-14-12-25(13-15-26)19-10-6-7-11-20(19)28-2/h3-11H,12-16H2,1-2H3. The molecule has 0 radical (unpaired) electrons. The molecule has 2 heterocycles. The van der Waals surface area contributed by atoms with E-state index in [2.05, 4.69) is 16.0 Å². The van der Waals surface area contributed by atoms with Gasteiger partial charge in [-0.25, -0.2) is 4.98 Å². The molecule has 30 heavy (non-hydrogen) atoms. The van der Waals surface area contributed by atoms with Gasteiger partial charge in [0.2, 0.25) is 0 Å². The molecule has 2 aromatic carbocycles. The zero-order valence-corrected chi connectivity index (χ0v) is 18.0. The molecule has 0 bridgehead atoms. The molecule has 7 heteroatoms. The summed E-state index contributed by atoms with van der Waals surface area (Å²) < 4.78 is 11.2. The first-order chi connectivity index (χ1) is 14.7. The van der Waals surface area contributed by atoms with Gasteiger partial charge in [-0.2, -0.15) is 0 Å². The van der Waals surface area contributed by atoms with Gasteiger partial charge in [0.15, 0.2) is 0 Å². The van der Waals surface area contributed by atoms with Crippen molar-refractivity contribution in [3.05, 3.63) is 70.2 Å². The number of para-hydroxylation sites is 3. The smallest absolute Gasteiger partial charge is 0.265 e. The second-order valence-electron chi connectivity index (χ2n) is 7.07. The van der Waals surface area contributed by atoms with E-state index in [4.69, 9.17) is 9.47 Å². The molecule has 6 nitrogen and oxygen atoms in total. The third-order valence-corrected chi connectivity index (χ3v) is 6.25. The first kappa shape index (κ1) is 20.2. The van der Waals surface area contributed by atoms with E-state index in [1.54, 1.807) is 7.11 Å². The SMILES string of the molecule is COc1ccccc1N1CCN(C(=O)c2sc(COc3ccccc3)nc2C)CC1. The van der Waals surface area contributed by atoms with Gasteiger partial charge in [0, 0.05) is 26.2 Å². The van der Waals surface area contributed by atoms with E-state index in [-0.39, 0.29) is 5.91 Å². The number of rotatable bonds is 6. The minimum Gasteiger partial charge on any atom is -0.495 e. The van der Waals surface area contributed by atoms with Crippen LogP contribution in [0.15, 0.2) is 54.6 Å². The van der Waals surface area contributed by atoms with Gasteiger partial charge < -0.3 is 19.3 Å². The van der Waals surface area contributed by atoms with E-state index in [1.165, 1.54) is 11.3 Å². The minimum absolute atomic E-state index is 0.0515. The van der Waals surface area contributed by atoms with Crippen LogP contribution in [-0.2, 0) is 6.61 Å². The predicted octanol–water partition coefficient (Wildman–Crippen LogP) is 4.00. The van der Waals surface area contributed by atoms with Crippen LogP contribution in [0.5, 0.6) is 11.5 Å². The molecule has 1 aliphatic heterocycles. The Morgan fingerprint density at radius 2 is 1.73 bits per heavy atom. The van der Waals surface area contributed by atoms with Crippen molar-refractivity contribution in [1.29, 1.82) is 0 Å². The zero-order valence-electron chi connectivity index (χ0n) is 17.2. The zero-order chi connectivity index (χ0) is 20.9. The van der Waals surface area contributed by atoms with Gasteiger partial charge >= 0.3 is 0 Å². The summed E-state index contributed by atoms with van der Waals surface area (Å²) in [6.07, 6.45) is 0. The minimum atomic E-state index is 0.0515. The Morgan fingerprint density at radius 1 is 1.03 bits per heavy atom. The molecule has 0 atom stereocenters. The van der Waals surface area contributed by atoms with E-state index >= 15 is 0 Å². The number of hydrogen-bond acceptors (Lipinski definition) is 6. The maximum absolute atomic E-state index is 13.1. The number of benzene rings is 2. The lowest BCUT2D eigenvalue weighted by Crippen LogP contribution is -2.48. The number of methoxy groups -OCH3 is 1. The van der Waals surface area contributed by atoms with Crippen molar-refractivity contribution >= 4 is 22.9 Å². The Kier molecular flexibility index (Phi) is 6.18. The third kappa shape index (κ3) is 4.41. The highest BCUT2D eigenvalue weighted by Crippen LogP contribution is 2.29. The number of carbonyl (C=O) groups excluding carboxylic acids is 1. The first-order valence-corrected chi connectivity index (χ1v) is 10.8. The van der Waals surface area contributed by atoms with Gasteiger partial charge in [-0.05, 0) is 31.2 Å². The highest BCUT2D eigenvalue weighted by Gasteiger charge is 2.26. The summed E-state index contributed by atoms with van der Waals surface area (Å²) in [5.41, 5.74) is 1.84. The summed E-state index contributed by atoms with van der Waals surface area (Å²) in [5.74, 6) is 1.71. The van der Waals surface area contributed by atoms with Crippen LogP contribution in [0, 0.1) is 6.92 Å². The Hall–Kier alpha value is -3.06. The second kappa shape index (κ2) is 9.17. The molecule has 0 saturated carbocycles. The molecule has 0 N–H and O–H groups in total. The van der Waals surface area contributed by atoms with Gasteiger partial charge in [-0.1, -0.05) is 30.3 Å². The number of anilines is 1. The predicted molar refractivity (Wildman–Crippen MR) is 119 cm³/mol. The van der Waals surface area contributed by atoms with Crippen LogP contribution < -0.4 is 14.4 Å². The summed E-state index contributed by atoms with van der Waals surface area (Å²) in [6.45, 7) is 5.14. The van der Waals surface area contributed by atoms with Crippen LogP contribution in [-0.4, -0.2) is 49.1 Å². The van der Waals surface area contributed by atoms with Crippen LogP contribution in [0.3, 0.4) is 0 Å². The quantitative estimate of drug-likeness (QED) is 0.600. The number of thiazole rings is 1. The van der Waals surface area contributed by atoms with Crippen molar-refractivity contribution in [2.75, 3.05) is 38.2 Å². The molecule has 1 fully saturated rings. The highest BCUT2D eigenvalue weighted by molar-refractivity contribution is 7.13. The topological polar surface area (TPSA) is 54.9 Å². The molecule has 0 unspecified atom stereocenters. The van der Waals surface area contributed by atoms with Crippen LogP contribution in [0.4, 0.5) is 5.69 Å². The Balaban J connectivity index is 1.38. The van der Waals surface area contributed by atoms with Gasteiger partial charge in [-0.15, -0.1) is 11.3 Å². The number of piperazine rings is 1. The summed E-state index contributed by atoms with van der Waals surface area (Å²) in [4.78, 5) is 22.5. The molecule has 1 aromatic heterocycles. The van der Waals surface area contributed by atoms with Crippen molar-refractivity contribution in [2.45, 2.75) is 13.5 Å². The van der Waals surface area contributed by atoms with Crippen molar-refractivity contribution in [3.63, 3.8) is 0 Å². The Morgan fingerprint density at radius 3 is 2.47 bits per heavy atom. The number of carbonyl (C=O) groups is 1. The fraction of sp³-hybridized carbons (Fsp3) is 0.304. The van der Waals surface area contributed by atoms with E-state index in [9.17, 15) is 4.79 Å². The van der Waals surface area contributed by atoms with Crippen molar-refractivity contribution in [2.24, 2.45) is 0 Å². The molecule has 1 aliphatic rings. The fourth-order valence-corrected chi connectivity index (χ4v) is 4.51. The largest absolute Gasteiger partial charge is 0.495 e. The average molecular weight is 424 g/mol. The van der Waals surface area contributed by atoms with Crippen molar-refractivity contribution < 1.29 is 14.3 Å². The molecule has 4 rings (SSSR count). The number of hydrogen-bond donors (Lipinski definition) is 0. The average Bonchev–Trinajstić information content (AvgIpc) is 3.18. The molecular weight excluding hydrogens is 398 g/mol. The molecule has 0 aliphatic carbocycles. The summed E-state index contributed by atoms with van der Waals surface area (Å²) >= 11 is 1.42. The summed E-state index contributed by atoms with van der Waals surface area (Å²) in [7, 11) is 1.68. The highest BCUT2D eigenvalue weighted by atomic mass is 32.1. The molecule has 3 aromatic rings. The van der Waals surface area contributed by atoms with Crippen LogP contribution in [0.1, 0.15) is 20.4 Å². The summed E-state index contributed by atoms with van der Waals surface area (Å²) in [6, 6.07) is 17.6. The number of aromatic nitrogens is 1. The molecule has 1 saturated heterocycles. The lowest BCUT2D eigenvalue weighted by atomic mass is 10.2. The van der Waals surface area contributed by atoms with E-state index in [0.717, 1.165) is 41.0 Å². The fourth-order valence-electron chi connectivity index (χ4n) is 3.56. The Bertz CT molecular complexity index is 998. The van der Waals surface area contributed by atoms with Gasteiger partial charge in [-0.3, -0.25) is 4.79 Å². The Labute approximate surface area is 180 Å². The number of aryl methyl sites for hydroxylation is 1. The normalized spacial score (nSPS) is 13.9. The molecule has 156 valence electrons. The van der Waals surface area contributed by atoms with Crippen LogP contribution in [0.2, 0.25) is 0 Å². The van der Waals surface area contributed by atoms with E-state index < -0.39 is 0 Å². The molecular formula is C23H25N3O3S. The van der Waals surface area contributed by atoms with E-state index in [0.29, 0.717) is 24.6 Å². The van der Waals surface area contributed by atoms with Crippen molar-refractivity contribution in [1.82, 2.24) is 9.88 Å². The van der Waals surface area contributed by atoms with Gasteiger partial charge in [0.05, 0.1) is 18.5 Å². The molecule has 0 spiro atoms. The maximum atomic E-state index is 13.1. The third-order valence-electron chi connectivity index (χ3n) is 5.13. The second-order valence-corrected chi connectivity index (χ2v) is 8.16. The molecule has 1 amide bonds. The van der Waals surface area contributed by atoms with Crippen LogP contribution >= 0.6 is 11.3 Å². The van der Waals surface area contributed by atoms with Gasteiger partial charge in [0.1, 0.15) is 28.0 Å². The summed E-state index contributed by atoms with van der Waals surface area (Å²) in [5, 5.41) is 0.812. The van der Waals surface area contributed by atoms with Gasteiger partial charge in [0.25, 0.3) is 5.91 Å². The first-order valence-electron chi connectivity index (χ1n) is 9.97. The monoisotopic (exact) mass is 423 g/mol. The maximum Gasteiger partial charge on any atom is 0.265 e. The number of nitrogens with zero attached hydrogens (tertiary/aromatic N) is 3.